The quantitative estimate of drug-likeness (QED) is 0.246. The Balaban J connectivity index is 0.00000420. The van der Waals surface area contributed by atoms with Gasteiger partial charge in [0.15, 0.2) is 5.96 Å². The molecule has 8 heteroatoms. The maximum atomic E-state index is 11.8. The summed E-state index contributed by atoms with van der Waals surface area (Å²) >= 11 is 1.67. The first-order valence-electron chi connectivity index (χ1n) is 9.87. The van der Waals surface area contributed by atoms with E-state index < -0.39 is 0 Å². The van der Waals surface area contributed by atoms with Crippen molar-refractivity contribution in [1.29, 1.82) is 0 Å². The summed E-state index contributed by atoms with van der Waals surface area (Å²) in [5, 5.41) is 12.7. The maximum Gasteiger partial charge on any atom is 0.224 e. The van der Waals surface area contributed by atoms with E-state index in [1.807, 2.05) is 38.1 Å². The van der Waals surface area contributed by atoms with Gasteiger partial charge in [0.2, 0.25) is 5.91 Å². The van der Waals surface area contributed by atoms with E-state index in [2.05, 4.69) is 45.2 Å². The number of aliphatic imine (C=N–C) groups is 1. The summed E-state index contributed by atoms with van der Waals surface area (Å²) in [5.41, 5.74) is 2.99. The van der Waals surface area contributed by atoms with Gasteiger partial charge >= 0.3 is 0 Å². The van der Waals surface area contributed by atoms with Crippen LogP contribution in [0.1, 0.15) is 62.7 Å². The number of aromatic nitrogens is 1. The first kappa shape index (κ1) is 25.4. The molecule has 0 atom stereocenters. The summed E-state index contributed by atoms with van der Waals surface area (Å²) in [4.78, 5) is 21.1. The number of amides is 1. The van der Waals surface area contributed by atoms with E-state index in [4.69, 9.17) is 0 Å². The van der Waals surface area contributed by atoms with Crippen molar-refractivity contribution >= 4 is 52.9 Å². The summed E-state index contributed by atoms with van der Waals surface area (Å²) in [7, 11) is 0. The molecule has 1 heterocycles. The highest BCUT2D eigenvalue weighted by Crippen LogP contribution is 2.17. The summed E-state index contributed by atoms with van der Waals surface area (Å²) < 4.78 is 0. The van der Waals surface area contributed by atoms with Gasteiger partial charge in [0.05, 0.1) is 18.8 Å². The van der Waals surface area contributed by atoms with Gasteiger partial charge in [0.1, 0.15) is 5.01 Å². The number of halogens is 1. The Labute approximate surface area is 195 Å². The second kappa shape index (κ2) is 13.5. The van der Waals surface area contributed by atoms with Gasteiger partial charge in [-0.05, 0) is 37.0 Å². The van der Waals surface area contributed by atoms with Gasteiger partial charge < -0.3 is 16.0 Å². The number of benzene rings is 1. The molecule has 0 saturated heterocycles. The van der Waals surface area contributed by atoms with Crippen LogP contribution in [-0.4, -0.2) is 23.4 Å². The normalized spacial score (nSPS) is 11.1. The third-order valence-corrected chi connectivity index (χ3v) is 4.89. The fourth-order valence-corrected chi connectivity index (χ4v) is 3.44. The van der Waals surface area contributed by atoms with Crippen LogP contribution in [0.4, 0.5) is 5.69 Å². The number of nitrogens with one attached hydrogen (secondary N) is 3. The van der Waals surface area contributed by atoms with Gasteiger partial charge in [-0.3, -0.25) is 4.79 Å². The van der Waals surface area contributed by atoms with Crippen LogP contribution in [0.25, 0.3) is 0 Å². The Morgan fingerprint density at radius 2 is 2.03 bits per heavy atom. The molecule has 0 spiro atoms. The third-order valence-electron chi connectivity index (χ3n) is 4.02. The van der Waals surface area contributed by atoms with Crippen LogP contribution in [0.2, 0.25) is 0 Å². The largest absolute Gasteiger partial charge is 0.357 e. The van der Waals surface area contributed by atoms with E-state index in [9.17, 15) is 4.79 Å². The minimum absolute atomic E-state index is 0. The van der Waals surface area contributed by atoms with Crippen LogP contribution in [0, 0.1) is 0 Å². The van der Waals surface area contributed by atoms with Gasteiger partial charge in [0, 0.05) is 24.0 Å². The summed E-state index contributed by atoms with van der Waals surface area (Å²) in [6.07, 6.45) is 1.37. The van der Waals surface area contributed by atoms with Gasteiger partial charge in [-0.2, -0.15) is 0 Å². The number of thiazole rings is 1. The molecule has 0 aliphatic carbocycles. The zero-order chi connectivity index (χ0) is 20.4. The Hall–Kier alpha value is -1.68. The second-order valence-electron chi connectivity index (χ2n) is 6.87. The van der Waals surface area contributed by atoms with Crippen molar-refractivity contribution in [1.82, 2.24) is 15.6 Å². The topological polar surface area (TPSA) is 78.4 Å². The van der Waals surface area contributed by atoms with Crippen LogP contribution in [0.3, 0.4) is 0 Å². The Morgan fingerprint density at radius 3 is 2.69 bits per heavy atom. The van der Waals surface area contributed by atoms with Gasteiger partial charge in [-0.1, -0.05) is 32.9 Å². The lowest BCUT2D eigenvalue weighted by atomic mass is 10.2. The molecular formula is C21H32IN5OS. The number of carbonyl (C=O) groups is 1. The monoisotopic (exact) mass is 529 g/mol. The smallest absolute Gasteiger partial charge is 0.224 e. The molecule has 2 rings (SSSR count). The number of guanidine groups is 1. The van der Waals surface area contributed by atoms with E-state index in [-0.39, 0.29) is 29.9 Å². The molecule has 0 bridgehead atoms. The molecule has 3 N–H and O–H groups in total. The number of rotatable bonds is 9. The highest BCUT2D eigenvalue weighted by molar-refractivity contribution is 14.0. The van der Waals surface area contributed by atoms with E-state index in [1.54, 1.807) is 11.3 Å². The molecule has 29 heavy (non-hydrogen) atoms. The van der Waals surface area contributed by atoms with Crippen molar-refractivity contribution < 1.29 is 4.79 Å². The Morgan fingerprint density at radius 1 is 1.24 bits per heavy atom. The average Bonchev–Trinajstić information content (AvgIpc) is 3.14. The Kier molecular flexibility index (Phi) is 11.8. The second-order valence-corrected chi connectivity index (χ2v) is 7.81. The molecule has 0 unspecified atom stereocenters. The lowest BCUT2D eigenvalue weighted by molar-refractivity contribution is -0.116. The molecule has 2 aromatic rings. The van der Waals surface area contributed by atoms with Crippen LogP contribution in [-0.2, 0) is 17.9 Å². The highest BCUT2D eigenvalue weighted by Gasteiger charge is 2.07. The molecule has 0 aliphatic heterocycles. The number of hydrogen-bond acceptors (Lipinski definition) is 4. The van der Waals surface area contributed by atoms with Gasteiger partial charge in [-0.25, -0.2) is 9.98 Å². The predicted octanol–water partition coefficient (Wildman–Crippen LogP) is 4.88. The van der Waals surface area contributed by atoms with E-state index in [0.717, 1.165) is 40.9 Å². The number of nitrogens with zero attached hydrogens (tertiary/aromatic N) is 2. The lowest BCUT2D eigenvalue weighted by Gasteiger charge is -2.11. The van der Waals surface area contributed by atoms with Crippen LogP contribution in [0.15, 0.2) is 34.6 Å². The van der Waals surface area contributed by atoms with Crippen molar-refractivity contribution in [2.45, 2.75) is 59.5 Å². The minimum atomic E-state index is 0. The fraction of sp³-hybridized carbons (Fsp3) is 0.476. The number of anilines is 1. The molecule has 1 aromatic carbocycles. The van der Waals surface area contributed by atoms with Gasteiger partial charge in [-0.15, -0.1) is 35.3 Å². The van der Waals surface area contributed by atoms with Crippen molar-refractivity contribution in [3.63, 3.8) is 0 Å². The van der Waals surface area contributed by atoms with Gasteiger partial charge in [0.25, 0.3) is 0 Å². The molecule has 6 nitrogen and oxygen atoms in total. The van der Waals surface area contributed by atoms with Crippen molar-refractivity contribution in [2.75, 3.05) is 11.9 Å². The molecule has 160 valence electrons. The average molecular weight is 529 g/mol. The SMILES string of the molecule is CCCC(=O)Nc1cccc(CN=C(NCC)NCc2nc(C(C)C)cs2)c1.I. The zero-order valence-electron chi connectivity index (χ0n) is 17.6. The highest BCUT2D eigenvalue weighted by atomic mass is 127. The van der Waals surface area contributed by atoms with Crippen LogP contribution >= 0.6 is 35.3 Å². The standard InChI is InChI=1S/C21H31N5OS.HI/c1-5-8-19(27)25-17-10-7-9-16(11-17)12-23-21(22-6-2)24-13-20-26-18(14-28-20)15(3)4;/h7,9-11,14-15H,5-6,8,12-13H2,1-4H3,(H,25,27)(H2,22,23,24);1H. The molecule has 0 aliphatic rings. The van der Waals surface area contributed by atoms with E-state index >= 15 is 0 Å². The summed E-state index contributed by atoms with van der Waals surface area (Å²) in [6, 6.07) is 7.82. The summed E-state index contributed by atoms with van der Waals surface area (Å²) in [6.45, 7) is 10.3. The zero-order valence-corrected chi connectivity index (χ0v) is 20.8. The minimum Gasteiger partial charge on any atom is -0.357 e. The van der Waals surface area contributed by atoms with Crippen LogP contribution < -0.4 is 16.0 Å². The fourth-order valence-electron chi connectivity index (χ4n) is 2.54. The predicted molar refractivity (Wildman–Crippen MR) is 133 cm³/mol. The molecule has 1 aromatic heterocycles. The van der Waals surface area contributed by atoms with E-state index in [0.29, 0.717) is 25.4 Å². The number of hydrogen-bond donors (Lipinski definition) is 3. The first-order chi connectivity index (χ1) is 13.5. The summed E-state index contributed by atoms with van der Waals surface area (Å²) in [5.74, 6) is 1.24. The molecule has 0 radical (unpaired) electrons. The lowest BCUT2D eigenvalue weighted by Crippen LogP contribution is -2.36. The molecular weight excluding hydrogens is 497 g/mol. The molecule has 1 amide bonds. The van der Waals surface area contributed by atoms with Crippen LogP contribution in [0.5, 0.6) is 0 Å². The maximum absolute atomic E-state index is 11.8. The molecule has 0 fully saturated rings. The van der Waals surface area contributed by atoms with Crippen molar-refractivity contribution in [3.05, 3.63) is 45.9 Å². The Bertz CT molecular complexity index is 791. The van der Waals surface area contributed by atoms with Crippen molar-refractivity contribution in [3.8, 4) is 0 Å². The third kappa shape index (κ3) is 9.12. The van der Waals surface area contributed by atoms with Crippen molar-refractivity contribution in [2.24, 2.45) is 4.99 Å². The first-order valence-corrected chi connectivity index (χ1v) is 10.7. The number of carbonyl (C=O) groups excluding carboxylic acids is 1. The van der Waals surface area contributed by atoms with E-state index in [1.165, 1.54) is 0 Å². The molecule has 0 saturated carbocycles.